The Morgan fingerprint density at radius 2 is 2.12 bits per heavy atom. The maximum Gasteiger partial charge on any atom is 0.277 e. The Hall–Kier alpha value is -0.140. The smallest absolute Gasteiger partial charge is 0.277 e. The molecule has 1 aromatic rings. The van der Waals surface area contributed by atoms with Gasteiger partial charge in [-0.3, -0.25) is 4.79 Å². The van der Waals surface area contributed by atoms with Gasteiger partial charge in [0, 0.05) is 0 Å². The van der Waals surface area contributed by atoms with Gasteiger partial charge in [-0.05, 0) is 6.07 Å². The van der Waals surface area contributed by atoms with Crippen molar-refractivity contribution in [1.82, 2.24) is 5.32 Å². The van der Waals surface area contributed by atoms with Crippen LogP contribution in [0.1, 0.15) is 10.4 Å². The van der Waals surface area contributed by atoms with Gasteiger partial charge in [0.05, 0.1) is 23.0 Å². The molecule has 0 bridgehead atoms. The first-order valence-corrected chi connectivity index (χ1v) is 5.74. The number of hydrogen-bond donors (Lipinski definition) is 2. The molecule has 0 saturated heterocycles. The number of nitrogens with one attached hydrogen (secondary N) is 1. The van der Waals surface area contributed by atoms with Crippen molar-refractivity contribution in [3.8, 4) is 0 Å². The summed E-state index contributed by atoms with van der Waals surface area (Å²) in [6.45, 7) is -1.66. The second-order valence-corrected chi connectivity index (χ2v) is 5.27. The van der Waals surface area contributed by atoms with Gasteiger partial charge in [0.1, 0.15) is 4.34 Å². The fourth-order valence-corrected chi connectivity index (χ4v) is 2.33. The van der Waals surface area contributed by atoms with Crippen LogP contribution in [0.25, 0.3) is 0 Å². The molecule has 0 aromatic carbocycles. The largest absolute Gasteiger partial charge is 0.346 e. The summed E-state index contributed by atoms with van der Waals surface area (Å²) >= 11 is 12.3. The Morgan fingerprint density at radius 1 is 1.53 bits per heavy atom. The van der Waals surface area contributed by atoms with Crippen molar-refractivity contribution in [3.63, 3.8) is 0 Å². The zero-order valence-corrected chi connectivity index (χ0v) is 11.5. The lowest BCUT2D eigenvalue weighted by Gasteiger charge is -2.14. The average molecular weight is 326 g/mol. The summed E-state index contributed by atoms with van der Waals surface area (Å²) < 4.78 is 26.0. The van der Waals surface area contributed by atoms with E-state index in [0.717, 1.165) is 11.3 Å². The second kappa shape index (κ2) is 6.70. The Balaban J connectivity index is 0.00000256. The van der Waals surface area contributed by atoms with E-state index in [1.807, 2.05) is 5.32 Å². The number of thiophene rings is 1. The molecule has 0 saturated carbocycles. The number of carbonyl (C=O) groups excluding carboxylic acids is 1. The number of nitrogens with two attached hydrogens (primary N) is 1. The summed E-state index contributed by atoms with van der Waals surface area (Å²) in [5, 5.41) is 2.04. The van der Waals surface area contributed by atoms with E-state index in [0.29, 0.717) is 4.34 Å². The first-order valence-electron chi connectivity index (χ1n) is 4.16. The highest BCUT2D eigenvalue weighted by molar-refractivity contribution is 7.20. The molecule has 0 aliphatic rings. The van der Waals surface area contributed by atoms with E-state index in [9.17, 15) is 13.6 Å². The van der Waals surface area contributed by atoms with E-state index >= 15 is 0 Å². The van der Waals surface area contributed by atoms with Gasteiger partial charge in [-0.25, -0.2) is 8.78 Å². The van der Waals surface area contributed by atoms with Crippen LogP contribution in [0.5, 0.6) is 0 Å². The molecule has 0 aliphatic heterocycles. The molecule has 0 fully saturated rings. The van der Waals surface area contributed by atoms with E-state index in [-0.39, 0.29) is 22.3 Å². The van der Waals surface area contributed by atoms with Crippen LogP contribution in [0, 0.1) is 0 Å². The summed E-state index contributed by atoms with van der Waals surface area (Å²) in [7, 11) is 0. The van der Waals surface area contributed by atoms with Crippen molar-refractivity contribution < 1.29 is 13.6 Å². The van der Waals surface area contributed by atoms with Gasteiger partial charge in [0.25, 0.3) is 11.8 Å². The SMILES string of the molecule is Cl.NCC(F)(F)CNC(=O)c1cc(Cl)sc1Cl. The molecule has 0 radical (unpaired) electrons. The first kappa shape index (κ1) is 16.9. The van der Waals surface area contributed by atoms with Crippen molar-refractivity contribution in [3.05, 3.63) is 20.3 Å². The fraction of sp³-hybridized carbons (Fsp3) is 0.375. The average Bonchev–Trinajstić information content (AvgIpc) is 2.54. The van der Waals surface area contributed by atoms with Crippen LogP contribution in [0.15, 0.2) is 6.07 Å². The normalized spacial score (nSPS) is 10.9. The zero-order chi connectivity index (χ0) is 12.3. The van der Waals surface area contributed by atoms with Crippen LogP contribution < -0.4 is 11.1 Å². The highest BCUT2D eigenvalue weighted by atomic mass is 35.5. The molecular weight excluding hydrogens is 317 g/mol. The minimum atomic E-state index is -3.12. The number of amides is 1. The quantitative estimate of drug-likeness (QED) is 0.894. The van der Waals surface area contributed by atoms with E-state index in [4.69, 9.17) is 28.9 Å². The van der Waals surface area contributed by atoms with E-state index < -0.39 is 24.9 Å². The predicted molar refractivity (Wildman–Crippen MR) is 67.9 cm³/mol. The third kappa shape index (κ3) is 4.93. The molecule has 0 spiro atoms. The van der Waals surface area contributed by atoms with E-state index in [2.05, 4.69) is 0 Å². The highest BCUT2D eigenvalue weighted by Crippen LogP contribution is 2.31. The molecule has 3 nitrogen and oxygen atoms in total. The van der Waals surface area contributed by atoms with Gasteiger partial charge in [0.15, 0.2) is 0 Å². The number of halogens is 5. The lowest BCUT2D eigenvalue weighted by Crippen LogP contribution is -2.41. The predicted octanol–water partition coefficient (Wildman–Crippen LogP) is 2.80. The molecule has 98 valence electrons. The molecule has 0 atom stereocenters. The molecule has 1 amide bonds. The van der Waals surface area contributed by atoms with Crippen molar-refractivity contribution in [2.45, 2.75) is 5.92 Å². The topological polar surface area (TPSA) is 55.1 Å². The molecule has 9 heteroatoms. The molecular formula is C8H9Cl3F2N2OS. The first-order chi connectivity index (χ1) is 7.35. The van der Waals surface area contributed by atoms with E-state index in [1.54, 1.807) is 0 Å². The number of hydrogen-bond acceptors (Lipinski definition) is 3. The third-order valence-electron chi connectivity index (χ3n) is 1.71. The molecule has 3 N–H and O–H groups in total. The van der Waals surface area contributed by atoms with Crippen molar-refractivity contribution in [2.24, 2.45) is 5.73 Å². The van der Waals surface area contributed by atoms with Crippen molar-refractivity contribution in [1.29, 1.82) is 0 Å². The van der Waals surface area contributed by atoms with Crippen LogP contribution in [0.3, 0.4) is 0 Å². The van der Waals surface area contributed by atoms with Gasteiger partial charge in [-0.2, -0.15) is 0 Å². The lowest BCUT2D eigenvalue weighted by molar-refractivity contribution is 0.0119. The number of rotatable bonds is 4. The summed E-state index contributed by atoms with van der Waals surface area (Å²) in [6, 6.07) is 1.32. The summed E-state index contributed by atoms with van der Waals surface area (Å²) in [5.41, 5.74) is 4.91. The molecule has 0 aliphatic carbocycles. The van der Waals surface area contributed by atoms with Gasteiger partial charge in [-0.1, -0.05) is 23.2 Å². The minimum Gasteiger partial charge on any atom is -0.346 e. The summed E-state index contributed by atoms with van der Waals surface area (Å²) in [6.07, 6.45) is 0. The molecule has 17 heavy (non-hydrogen) atoms. The lowest BCUT2D eigenvalue weighted by atomic mass is 10.3. The maximum absolute atomic E-state index is 12.7. The number of alkyl halides is 2. The fourth-order valence-electron chi connectivity index (χ4n) is 0.872. The highest BCUT2D eigenvalue weighted by Gasteiger charge is 2.28. The van der Waals surface area contributed by atoms with Crippen LogP contribution in [-0.2, 0) is 0 Å². The third-order valence-corrected chi connectivity index (χ3v) is 3.20. The Morgan fingerprint density at radius 3 is 2.53 bits per heavy atom. The van der Waals surface area contributed by atoms with Crippen LogP contribution in [0.4, 0.5) is 8.78 Å². The molecule has 1 aromatic heterocycles. The minimum absolute atomic E-state index is 0. The van der Waals surface area contributed by atoms with Gasteiger partial charge < -0.3 is 11.1 Å². The molecule has 0 unspecified atom stereocenters. The monoisotopic (exact) mass is 324 g/mol. The summed E-state index contributed by atoms with van der Waals surface area (Å²) in [5.74, 6) is -3.82. The van der Waals surface area contributed by atoms with Gasteiger partial charge in [0.2, 0.25) is 0 Å². The second-order valence-electron chi connectivity index (χ2n) is 2.98. The van der Waals surface area contributed by atoms with Gasteiger partial charge in [-0.15, -0.1) is 23.7 Å². The standard InChI is InChI=1S/C8H8Cl2F2N2OS.ClH/c9-5-1-4(6(10)16-5)7(15)14-3-8(11,12)2-13;/h1H,2-3,13H2,(H,14,15);1H. The Labute approximate surface area is 117 Å². The number of carbonyl (C=O) groups is 1. The molecule has 1 heterocycles. The van der Waals surface area contributed by atoms with Crippen LogP contribution >= 0.6 is 46.9 Å². The zero-order valence-electron chi connectivity index (χ0n) is 8.31. The van der Waals surface area contributed by atoms with Crippen LogP contribution in [-0.4, -0.2) is 24.9 Å². The van der Waals surface area contributed by atoms with Crippen molar-refractivity contribution >= 4 is 52.9 Å². The Bertz CT molecular complexity index is 400. The maximum atomic E-state index is 12.7. The van der Waals surface area contributed by atoms with Crippen LogP contribution in [0.2, 0.25) is 8.67 Å². The van der Waals surface area contributed by atoms with Gasteiger partial charge >= 0.3 is 0 Å². The summed E-state index contributed by atoms with van der Waals surface area (Å²) in [4.78, 5) is 11.4. The Kier molecular flexibility index (Phi) is 6.65. The van der Waals surface area contributed by atoms with Crippen molar-refractivity contribution in [2.75, 3.05) is 13.1 Å². The van der Waals surface area contributed by atoms with E-state index in [1.165, 1.54) is 6.07 Å². The molecule has 1 rings (SSSR count).